The molecule has 146 valence electrons. The van der Waals surface area contributed by atoms with E-state index in [4.69, 9.17) is 9.47 Å². The third-order valence-corrected chi connectivity index (χ3v) is 5.09. The molecule has 1 aliphatic heterocycles. The molecule has 1 saturated heterocycles. The number of β-amino-alcohol motifs (C(OH)–C–C–N with tert-alkyl or cyclic N) is 1. The van der Waals surface area contributed by atoms with Crippen LogP contribution in [0.4, 0.5) is 4.39 Å². The highest BCUT2D eigenvalue weighted by atomic mass is 19.1. The van der Waals surface area contributed by atoms with Crippen LogP contribution in [-0.2, 0) is 6.54 Å². The maximum absolute atomic E-state index is 13.6. The largest absolute Gasteiger partial charge is 0.494 e. The lowest BCUT2D eigenvalue weighted by atomic mass is 10.0. The van der Waals surface area contributed by atoms with E-state index in [2.05, 4.69) is 9.88 Å². The minimum Gasteiger partial charge on any atom is -0.494 e. The van der Waals surface area contributed by atoms with E-state index in [1.165, 1.54) is 13.2 Å². The van der Waals surface area contributed by atoms with Crippen LogP contribution in [0.25, 0.3) is 10.9 Å². The van der Waals surface area contributed by atoms with Crippen molar-refractivity contribution in [1.29, 1.82) is 0 Å². The molecule has 4 rings (SSSR count). The SMILES string of the molecule is COc1cc(CN2CC[C@@H](Oc3ccc4cccnc4c3)[C@H](O)C2)ccc1F. The van der Waals surface area contributed by atoms with Crippen molar-refractivity contribution in [2.75, 3.05) is 20.2 Å². The van der Waals surface area contributed by atoms with Gasteiger partial charge in [0, 0.05) is 37.3 Å². The molecule has 0 amide bonds. The minimum atomic E-state index is -0.601. The molecule has 1 fully saturated rings. The van der Waals surface area contributed by atoms with E-state index in [1.807, 2.05) is 30.3 Å². The lowest BCUT2D eigenvalue weighted by Crippen LogP contribution is -2.48. The summed E-state index contributed by atoms with van der Waals surface area (Å²) in [5, 5.41) is 11.6. The number of methoxy groups -OCH3 is 1. The maximum atomic E-state index is 13.6. The average molecular weight is 382 g/mol. The lowest BCUT2D eigenvalue weighted by Gasteiger charge is -2.36. The van der Waals surface area contributed by atoms with Crippen LogP contribution < -0.4 is 9.47 Å². The van der Waals surface area contributed by atoms with Gasteiger partial charge in [-0.2, -0.15) is 0 Å². The number of halogens is 1. The van der Waals surface area contributed by atoms with E-state index >= 15 is 0 Å². The zero-order chi connectivity index (χ0) is 19.5. The first-order valence-corrected chi connectivity index (χ1v) is 9.36. The van der Waals surface area contributed by atoms with Crippen molar-refractivity contribution in [3.63, 3.8) is 0 Å². The van der Waals surface area contributed by atoms with Gasteiger partial charge in [-0.3, -0.25) is 9.88 Å². The highest BCUT2D eigenvalue weighted by Crippen LogP contribution is 2.25. The van der Waals surface area contributed by atoms with Crippen molar-refractivity contribution in [2.45, 2.75) is 25.2 Å². The van der Waals surface area contributed by atoms with Crippen molar-refractivity contribution in [3.05, 3.63) is 66.1 Å². The molecule has 6 heteroatoms. The summed E-state index contributed by atoms with van der Waals surface area (Å²) in [5.74, 6) is 0.580. The second-order valence-electron chi connectivity index (χ2n) is 7.07. The Bertz CT molecular complexity index is 965. The van der Waals surface area contributed by atoms with Crippen LogP contribution in [-0.4, -0.2) is 47.4 Å². The second kappa shape index (κ2) is 8.12. The summed E-state index contributed by atoms with van der Waals surface area (Å²) in [6.45, 7) is 1.91. The average Bonchev–Trinajstić information content (AvgIpc) is 2.71. The molecular formula is C22H23FN2O3. The molecule has 3 aromatic rings. The number of ether oxygens (including phenoxy) is 2. The number of hydrogen-bond acceptors (Lipinski definition) is 5. The molecule has 0 saturated carbocycles. The quantitative estimate of drug-likeness (QED) is 0.733. The topological polar surface area (TPSA) is 54.8 Å². The van der Waals surface area contributed by atoms with Crippen molar-refractivity contribution in [2.24, 2.45) is 0 Å². The van der Waals surface area contributed by atoms with E-state index in [1.54, 1.807) is 18.3 Å². The molecule has 0 aliphatic carbocycles. The van der Waals surface area contributed by atoms with Gasteiger partial charge in [0.05, 0.1) is 12.6 Å². The van der Waals surface area contributed by atoms with E-state index in [9.17, 15) is 9.50 Å². The third kappa shape index (κ3) is 4.08. The predicted molar refractivity (Wildman–Crippen MR) is 105 cm³/mol. The van der Waals surface area contributed by atoms with Crippen molar-refractivity contribution >= 4 is 10.9 Å². The van der Waals surface area contributed by atoms with Crippen LogP contribution in [0.15, 0.2) is 54.7 Å². The highest BCUT2D eigenvalue weighted by molar-refractivity contribution is 5.79. The number of fused-ring (bicyclic) bond motifs is 1. The first-order valence-electron chi connectivity index (χ1n) is 9.36. The molecule has 1 aromatic heterocycles. The Morgan fingerprint density at radius 1 is 1.21 bits per heavy atom. The molecule has 0 unspecified atom stereocenters. The Morgan fingerprint density at radius 2 is 2.11 bits per heavy atom. The number of rotatable bonds is 5. The summed E-state index contributed by atoms with van der Waals surface area (Å²) in [5.41, 5.74) is 1.82. The molecule has 0 spiro atoms. The number of hydrogen-bond donors (Lipinski definition) is 1. The van der Waals surface area contributed by atoms with Crippen LogP contribution in [0, 0.1) is 5.82 Å². The third-order valence-electron chi connectivity index (χ3n) is 5.09. The number of nitrogens with zero attached hydrogens (tertiary/aromatic N) is 2. The Hall–Kier alpha value is -2.70. The molecular weight excluding hydrogens is 359 g/mol. The highest BCUT2D eigenvalue weighted by Gasteiger charge is 2.29. The van der Waals surface area contributed by atoms with Gasteiger partial charge in [-0.15, -0.1) is 0 Å². The summed E-state index contributed by atoms with van der Waals surface area (Å²) in [6.07, 6.45) is 1.60. The Balaban J connectivity index is 1.38. The number of aliphatic hydroxyl groups excluding tert-OH is 1. The monoisotopic (exact) mass is 382 g/mol. The summed E-state index contributed by atoms with van der Waals surface area (Å²) in [6, 6.07) is 14.5. The fourth-order valence-electron chi connectivity index (χ4n) is 3.61. The minimum absolute atomic E-state index is 0.237. The summed E-state index contributed by atoms with van der Waals surface area (Å²) >= 11 is 0. The molecule has 28 heavy (non-hydrogen) atoms. The van der Waals surface area contributed by atoms with Crippen LogP contribution in [0.2, 0.25) is 0 Å². The zero-order valence-corrected chi connectivity index (χ0v) is 15.7. The fourth-order valence-corrected chi connectivity index (χ4v) is 3.61. The molecule has 0 bridgehead atoms. The number of likely N-dealkylation sites (tertiary alicyclic amines) is 1. The molecule has 1 N–H and O–H groups in total. The fraction of sp³-hybridized carbons (Fsp3) is 0.318. The first-order chi connectivity index (χ1) is 13.6. The summed E-state index contributed by atoms with van der Waals surface area (Å²) < 4.78 is 24.6. The van der Waals surface area contributed by atoms with Crippen molar-refractivity contribution < 1.29 is 19.0 Å². The van der Waals surface area contributed by atoms with Gasteiger partial charge in [0.25, 0.3) is 0 Å². The molecule has 0 radical (unpaired) electrons. The van der Waals surface area contributed by atoms with Gasteiger partial charge < -0.3 is 14.6 Å². The van der Waals surface area contributed by atoms with Crippen molar-refractivity contribution in [3.8, 4) is 11.5 Å². The number of pyridine rings is 1. The van der Waals surface area contributed by atoms with Gasteiger partial charge in [-0.25, -0.2) is 4.39 Å². The van der Waals surface area contributed by atoms with Crippen LogP contribution in [0.3, 0.4) is 0 Å². The van der Waals surface area contributed by atoms with Gasteiger partial charge in [0.15, 0.2) is 11.6 Å². The van der Waals surface area contributed by atoms with Crippen LogP contribution >= 0.6 is 0 Å². The smallest absolute Gasteiger partial charge is 0.165 e. The molecule has 2 heterocycles. The second-order valence-corrected chi connectivity index (χ2v) is 7.07. The predicted octanol–water partition coefficient (Wildman–Crippen LogP) is 3.40. The van der Waals surface area contributed by atoms with Gasteiger partial charge >= 0.3 is 0 Å². The first kappa shape index (κ1) is 18.7. The van der Waals surface area contributed by atoms with E-state index in [0.717, 1.165) is 23.0 Å². The van der Waals surface area contributed by atoms with Gasteiger partial charge in [0.1, 0.15) is 18.0 Å². The van der Waals surface area contributed by atoms with Crippen molar-refractivity contribution in [1.82, 2.24) is 9.88 Å². The number of benzene rings is 2. The molecule has 5 nitrogen and oxygen atoms in total. The van der Waals surface area contributed by atoms with E-state index < -0.39 is 6.10 Å². The van der Waals surface area contributed by atoms with Gasteiger partial charge in [-0.05, 0) is 42.3 Å². The zero-order valence-electron chi connectivity index (χ0n) is 15.7. The molecule has 1 aliphatic rings. The molecule has 2 atom stereocenters. The maximum Gasteiger partial charge on any atom is 0.165 e. The summed E-state index contributed by atoms with van der Waals surface area (Å²) in [7, 11) is 1.46. The van der Waals surface area contributed by atoms with E-state index in [0.29, 0.717) is 25.3 Å². The summed E-state index contributed by atoms with van der Waals surface area (Å²) in [4.78, 5) is 6.48. The standard InChI is InChI=1S/C22H23FN2O3/c1-27-22-11-15(4-7-18(22)23)13-25-10-8-21(20(26)14-25)28-17-6-5-16-3-2-9-24-19(16)12-17/h2-7,9,11-12,20-21,26H,8,10,13-14H2,1H3/t20-,21-/m1/s1. The van der Waals surface area contributed by atoms with E-state index in [-0.39, 0.29) is 17.7 Å². The Morgan fingerprint density at radius 3 is 2.93 bits per heavy atom. The van der Waals surface area contributed by atoms with Crippen LogP contribution in [0.1, 0.15) is 12.0 Å². The lowest BCUT2D eigenvalue weighted by molar-refractivity contribution is -0.0274. The normalized spacial score (nSPS) is 20.2. The number of aromatic nitrogens is 1. The van der Waals surface area contributed by atoms with Gasteiger partial charge in [-0.1, -0.05) is 12.1 Å². The Kier molecular flexibility index (Phi) is 5.41. The number of aliphatic hydroxyl groups is 1. The van der Waals surface area contributed by atoms with Gasteiger partial charge in [0.2, 0.25) is 0 Å². The Labute approximate surface area is 163 Å². The van der Waals surface area contributed by atoms with Crippen LogP contribution in [0.5, 0.6) is 11.5 Å². The number of piperidine rings is 1. The molecule has 2 aromatic carbocycles.